The lowest BCUT2D eigenvalue weighted by Gasteiger charge is -2.33. The number of nitrogens with one attached hydrogen (secondary N) is 1. The summed E-state index contributed by atoms with van der Waals surface area (Å²) in [7, 11) is 1.81. The molecule has 2 unspecified atom stereocenters. The molecule has 0 bridgehead atoms. The Hall–Kier alpha value is -1.40. The van der Waals surface area contributed by atoms with Crippen LogP contribution in [0.5, 0.6) is 0 Å². The van der Waals surface area contributed by atoms with E-state index in [-0.39, 0.29) is 5.91 Å². The van der Waals surface area contributed by atoms with E-state index in [0.29, 0.717) is 12.6 Å². The van der Waals surface area contributed by atoms with Crippen LogP contribution in [-0.4, -0.2) is 46.3 Å². The molecule has 118 valence electrons. The van der Waals surface area contributed by atoms with Crippen molar-refractivity contribution in [2.24, 2.45) is 12.8 Å². The fourth-order valence-electron chi connectivity index (χ4n) is 2.85. The van der Waals surface area contributed by atoms with Gasteiger partial charge in [-0.05, 0) is 32.7 Å². The zero-order chi connectivity index (χ0) is 15.2. The van der Waals surface area contributed by atoms with Crippen molar-refractivity contribution in [3.05, 3.63) is 18.0 Å². The Morgan fingerprint density at radius 3 is 3.05 bits per heavy atom. The Kier molecular flexibility index (Phi) is 5.76. The lowest BCUT2D eigenvalue weighted by atomic mass is 10.0. The van der Waals surface area contributed by atoms with Gasteiger partial charge in [0.15, 0.2) is 0 Å². The summed E-state index contributed by atoms with van der Waals surface area (Å²) in [5.41, 5.74) is 6.67. The second-order valence-corrected chi connectivity index (χ2v) is 5.95. The van der Waals surface area contributed by atoms with Gasteiger partial charge in [-0.3, -0.25) is 9.48 Å². The predicted molar refractivity (Wildman–Crippen MR) is 82.6 cm³/mol. The molecule has 1 aliphatic heterocycles. The molecule has 0 radical (unpaired) electrons. The van der Waals surface area contributed by atoms with Crippen LogP contribution in [0.4, 0.5) is 0 Å². The second kappa shape index (κ2) is 7.56. The van der Waals surface area contributed by atoms with Crippen molar-refractivity contribution >= 4 is 5.91 Å². The minimum absolute atomic E-state index is 0.130. The highest BCUT2D eigenvalue weighted by Gasteiger charge is 2.19. The normalized spacial score (nSPS) is 21.2. The maximum atomic E-state index is 12.0. The van der Waals surface area contributed by atoms with Crippen LogP contribution in [-0.2, 0) is 11.8 Å². The van der Waals surface area contributed by atoms with Gasteiger partial charge in [-0.25, -0.2) is 0 Å². The molecule has 6 heteroatoms. The summed E-state index contributed by atoms with van der Waals surface area (Å²) in [6, 6.07) is 0.0414. The van der Waals surface area contributed by atoms with Gasteiger partial charge in [0.25, 0.3) is 0 Å². The number of likely N-dealkylation sites (tertiary alicyclic amines) is 1. The Balaban J connectivity index is 1.67. The van der Waals surface area contributed by atoms with Gasteiger partial charge >= 0.3 is 0 Å². The minimum Gasteiger partial charge on any atom is -0.354 e. The average Bonchev–Trinajstić information content (AvgIpc) is 2.91. The van der Waals surface area contributed by atoms with E-state index < -0.39 is 6.04 Å². The molecule has 6 nitrogen and oxygen atoms in total. The molecule has 1 aromatic rings. The lowest BCUT2D eigenvalue weighted by Crippen LogP contribution is -2.40. The van der Waals surface area contributed by atoms with Crippen LogP contribution in [0.1, 0.15) is 44.2 Å². The van der Waals surface area contributed by atoms with E-state index in [4.69, 9.17) is 5.73 Å². The average molecular weight is 293 g/mol. The molecule has 1 aromatic heterocycles. The number of nitrogens with two attached hydrogens (primary N) is 1. The van der Waals surface area contributed by atoms with Gasteiger partial charge in [0.2, 0.25) is 5.91 Å². The van der Waals surface area contributed by atoms with Crippen LogP contribution >= 0.6 is 0 Å². The Morgan fingerprint density at radius 2 is 2.38 bits per heavy atom. The Morgan fingerprint density at radius 1 is 1.57 bits per heavy atom. The highest BCUT2D eigenvalue weighted by Crippen LogP contribution is 2.16. The first-order chi connectivity index (χ1) is 10.1. The van der Waals surface area contributed by atoms with Crippen LogP contribution in [0.3, 0.4) is 0 Å². The predicted octanol–water partition coefficient (Wildman–Crippen LogP) is 0.801. The second-order valence-electron chi connectivity index (χ2n) is 5.95. The van der Waals surface area contributed by atoms with Crippen molar-refractivity contribution in [2.45, 2.75) is 44.7 Å². The van der Waals surface area contributed by atoms with Crippen molar-refractivity contribution in [1.29, 1.82) is 0 Å². The summed E-state index contributed by atoms with van der Waals surface area (Å²) in [5.74, 6) is -0.130. The minimum atomic E-state index is -0.632. The molecule has 1 saturated heterocycles. The van der Waals surface area contributed by atoms with Crippen molar-refractivity contribution in [3.63, 3.8) is 0 Å². The molecule has 0 saturated carbocycles. The first-order valence-electron chi connectivity index (χ1n) is 7.84. The van der Waals surface area contributed by atoms with Gasteiger partial charge in [-0.15, -0.1) is 0 Å². The molecule has 0 aliphatic carbocycles. The number of hydrogen-bond donors (Lipinski definition) is 2. The Bertz CT molecular complexity index is 459. The standard InChI is InChI=1S/C15H27N5O/c1-12-6-3-4-8-20(12)9-5-7-17-15(21)14(16)13-10-18-19(2)11-13/h10-12,14H,3-9,16H2,1-2H3,(H,17,21). The van der Waals surface area contributed by atoms with Crippen LogP contribution in [0.25, 0.3) is 0 Å². The summed E-state index contributed by atoms with van der Waals surface area (Å²) in [4.78, 5) is 14.5. The molecular formula is C15H27N5O. The van der Waals surface area contributed by atoms with Gasteiger partial charge in [0, 0.05) is 37.9 Å². The van der Waals surface area contributed by atoms with E-state index in [1.54, 1.807) is 17.1 Å². The smallest absolute Gasteiger partial charge is 0.241 e. The number of nitrogens with zero attached hydrogens (tertiary/aromatic N) is 3. The third kappa shape index (κ3) is 4.54. The molecule has 1 fully saturated rings. The van der Waals surface area contributed by atoms with E-state index in [1.165, 1.54) is 25.8 Å². The monoisotopic (exact) mass is 293 g/mol. The van der Waals surface area contributed by atoms with Crippen LogP contribution in [0.15, 0.2) is 12.4 Å². The lowest BCUT2D eigenvalue weighted by molar-refractivity contribution is -0.122. The maximum Gasteiger partial charge on any atom is 0.241 e. The van der Waals surface area contributed by atoms with Crippen LogP contribution < -0.4 is 11.1 Å². The summed E-state index contributed by atoms with van der Waals surface area (Å²) in [6.45, 7) is 5.19. The number of aromatic nitrogens is 2. The number of piperidine rings is 1. The molecule has 0 aromatic carbocycles. The molecule has 2 rings (SSSR count). The van der Waals surface area contributed by atoms with Gasteiger partial charge in [-0.1, -0.05) is 6.42 Å². The zero-order valence-corrected chi connectivity index (χ0v) is 13.1. The van der Waals surface area contributed by atoms with Crippen molar-refractivity contribution in [3.8, 4) is 0 Å². The third-order valence-electron chi connectivity index (χ3n) is 4.23. The molecule has 2 heterocycles. The molecule has 0 spiro atoms. The van der Waals surface area contributed by atoms with Gasteiger partial charge in [0.1, 0.15) is 6.04 Å². The van der Waals surface area contributed by atoms with Crippen molar-refractivity contribution in [1.82, 2.24) is 20.0 Å². The number of aryl methyl sites for hydroxylation is 1. The molecule has 2 atom stereocenters. The summed E-state index contributed by atoms with van der Waals surface area (Å²) < 4.78 is 1.65. The highest BCUT2D eigenvalue weighted by molar-refractivity contribution is 5.82. The van der Waals surface area contributed by atoms with Crippen molar-refractivity contribution < 1.29 is 4.79 Å². The summed E-state index contributed by atoms with van der Waals surface area (Å²) in [6.07, 6.45) is 8.31. The first kappa shape index (κ1) is 16.0. The quantitative estimate of drug-likeness (QED) is 0.761. The number of amides is 1. The zero-order valence-electron chi connectivity index (χ0n) is 13.1. The summed E-state index contributed by atoms with van der Waals surface area (Å²) >= 11 is 0. The van der Waals surface area contributed by atoms with E-state index in [9.17, 15) is 4.79 Å². The SMILES string of the molecule is CC1CCCCN1CCCNC(=O)C(N)c1cnn(C)c1. The number of carbonyl (C=O) groups excluding carboxylic acids is 1. The summed E-state index contributed by atoms with van der Waals surface area (Å²) in [5, 5.41) is 6.95. The highest BCUT2D eigenvalue weighted by atomic mass is 16.2. The molecular weight excluding hydrogens is 266 g/mol. The topological polar surface area (TPSA) is 76.2 Å². The Labute approximate surface area is 126 Å². The van der Waals surface area contributed by atoms with E-state index in [0.717, 1.165) is 18.5 Å². The van der Waals surface area contributed by atoms with Crippen LogP contribution in [0.2, 0.25) is 0 Å². The van der Waals surface area contributed by atoms with Gasteiger partial charge < -0.3 is 16.0 Å². The van der Waals surface area contributed by atoms with E-state index in [2.05, 4.69) is 22.2 Å². The van der Waals surface area contributed by atoms with Crippen LogP contribution in [0, 0.1) is 0 Å². The maximum absolute atomic E-state index is 12.0. The van der Waals surface area contributed by atoms with Gasteiger partial charge in [-0.2, -0.15) is 5.10 Å². The molecule has 1 aliphatic rings. The molecule has 21 heavy (non-hydrogen) atoms. The number of rotatable bonds is 6. The molecule has 1 amide bonds. The third-order valence-corrected chi connectivity index (χ3v) is 4.23. The first-order valence-corrected chi connectivity index (χ1v) is 7.84. The fourth-order valence-corrected chi connectivity index (χ4v) is 2.85. The molecule has 3 N–H and O–H groups in total. The number of hydrogen-bond acceptors (Lipinski definition) is 4. The van der Waals surface area contributed by atoms with Crippen molar-refractivity contribution in [2.75, 3.05) is 19.6 Å². The fraction of sp³-hybridized carbons (Fsp3) is 0.733. The largest absolute Gasteiger partial charge is 0.354 e. The van der Waals surface area contributed by atoms with E-state index in [1.807, 2.05) is 7.05 Å². The van der Waals surface area contributed by atoms with E-state index >= 15 is 0 Å². The number of carbonyl (C=O) groups is 1. The van der Waals surface area contributed by atoms with Gasteiger partial charge in [0.05, 0.1) is 6.20 Å².